The van der Waals surface area contributed by atoms with Crippen LogP contribution < -0.4 is 5.32 Å². The van der Waals surface area contributed by atoms with Crippen LogP contribution in [0.4, 0.5) is 0 Å². The van der Waals surface area contributed by atoms with Gasteiger partial charge in [-0.2, -0.15) is 23.1 Å². The molecule has 1 unspecified atom stereocenters. The lowest BCUT2D eigenvalue weighted by molar-refractivity contribution is 0.190. The van der Waals surface area contributed by atoms with E-state index in [4.69, 9.17) is 4.74 Å². The highest BCUT2D eigenvalue weighted by Crippen LogP contribution is 2.14. The fourth-order valence-corrected chi connectivity index (χ4v) is 3.19. The molecule has 1 fully saturated rings. The summed E-state index contributed by atoms with van der Waals surface area (Å²) in [6.07, 6.45) is 1.18. The first-order valence-corrected chi connectivity index (χ1v) is 7.45. The summed E-state index contributed by atoms with van der Waals surface area (Å²) in [4.78, 5) is 0. The van der Waals surface area contributed by atoms with Crippen LogP contribution in [-0.2, 0) is 10.5 Å². The molecule has 84 valence electrons. The van der Waals surface area contributed by atoms with Crippen molar-refractivity contribution in [2.75, 3.05) is 25.5 Å². The van der Waals surface area contributed by atoms with Crippen LogP contribution in [-0.4, -0.2) is 31.6 Å². The van der Waals surface area contributed by atoms with Gasteiger partial charge in [-0.25, -0.2) is 0 Å². The molecule has 0 amide bonds. The van der Waals surface area contributed by atoms with Gasteiger partial charge in [0.25, 0.3) is 0 Å². The average molecular weight is 243 g/mol. The molecule has 0 radical (unpaired) electrons. The van der Waals surface area contributed by atoms with Crippen LogP contribution in [0, 0.1) is 0 Å². The Hall–Kier alpha value is -0.0300. The first kappa shape index (κ1) is 11.5. The molecule has 1 aromatic heterocycles. The molecule has 0 spiro atoms. The van der Waals surface area contributed by atoms with E-state index in [-0.39, 0.29) is 0 Å². The molecule has 1 aromatic rings. The Labute approximate surface area is 99.4 Å². The van der Waals surface area contributed by atoms with Crippen molar-refractivity contribution in [1.82, 2.24) is 5.32 Å². The van der Waals surface area contributed by atoms with Crippen molar-refractivity contribution in [2.24, 2.45) is 0 Å². The third-order valence-electron chi connectivity index (χ3n) is 2.46. The number of rotatable bonds is 6. The Morgan fingerprint density at radius 1 is 1.60 bits per heavy atom. The molecule has 15 heavy (non-hydrogen) atoms. The second-order valence-electron chi connectivity index (χ2n) is 3.70. The number of ether oxygens (including phenoxy) is 1. The van der Waals surface area contributed by atoms with Gasteiger partial charge in [0, 0.05) is 30.7 Å². The van der Waals surface area contributed by atoms with Gasteiger partial charge in [-0.15, -0.1) is 0 Å². The minimum atomic E-state index is 0.603. The summed E-state index contributed by atoms with van der Waals surface area (Å²) in [5.41, 5.74) is 1.45. The Morgan fingerprint density at radius 3 is 3.33 bits per heavy atom. The molecule has 2 rings (SSSR count). The van der Waals surface area contributed by atoms with E-state index in [2.05, 4.69) is 22.1 Å². The van der Waals surface area contributed by atoms with Gasteiger partial charge in [0.05, 0.1) is 6.61 Å². The molecule has 1 aliphatic rings. The summed E-state index contributed by atoms with van der Waals surface area (Å²) in [5, 5.41) is 7.89. The quantitative estimate of drug-likeness (QED) is 0.775. The molecule has 1 N–H and O–H groups in total. The summed E-state index contributed by atoms with van der Waals surface area (Å²) in [6, 6.07) is 2.81. The molecule has 4 heteroatoms. The first-order valence-electron chi connectivity index (χ1n) is 5.35. The highest BCUT2D eigenvalue weighted by Gasteiger charge is 2.13. The van der Waals surface area contributed by atoms with Gasteiger partial charge in [0.1, 0.15) is 0 Å². The second kappa shape index (κ2) is 6.53. The molecule has 1 atom stereocenters. The predicted molar refractivity (Wildman–Crippen MR) is 67.7 cm³/mol. The van der Waals surface area contributed by atoms with Crippen LogP contribution >= 0.6 is 23.1 Å². The van der Waals surface area contributed by atoms with Crippen LogP contribution in [0.1, 0.15) is 12.0 Å². The molecule has 0 saturated carbocycles. The zero-order valence-electron chi connectivity index (χ0n) is 8.78. The molecular weight excluding hydrogens is 226 g/mol. The van der Waals surface area contributed by atoms with Gasteiger partial charge in [-0.3, -0.25) is 0 Å². The first-order chi connectivity index (χ1) is 7.45. The van der Waals surface area contributed by atoms with Gasteiger partial charge in [0.2, 0.25) is 0 Å². The van der Waals surface area contributed by atoms with E-state index in [0.29, 0.717) is 6.04 Å². The van der Waals surface area contributed by atoms with Gasteiger partial charge < -0.3 is 10.1 Å². The Kier molecular flexibility index (Phi) is 4.99. The summed E-state index contributed by atoms with van der Waals surface area (Å²) in [6.45, 7) is 2.93. The van der Waals surface area contributed by atoms with Crippen molar-refractivity contribution in [3.63, 3.8) is 0 Å². The van der Waals surface area contributed by atoms with Crippen LogP contribution in [0.25, 0.3) is 0 Å². The van der Waals surface area contributed by atoms with E-state index in [0.717, 1.165) is 25.5 Å². The van der Waals surface area contributed by atoms with Crippen molar-refractivity contribution in [2.45, 2.75) is 18.2 Å². The molecule has 0 aromatic carbocycles. The van der Waals surface area contributed by atoms with Gasteiger partial charge in [-0.1, -0.05) is 0 Å². The van der Waals surface area contributed by atoms with Crippen LogP contribution in [0.3, 0.4) is 0 Å². The lowest BCUT2D eigenvalue weighted by Crippen LogP contribution is -2.30. The van der Waals surface area contributed by atoms with Crippen molar-refractivity contribution >= 4 is 23.1 Å². The van der Waals surface area contributed by atoms with Gasteiger partial charge >= 0.3 is 0 Å². The monoisotopic (exact) mass is 243 g/mol. The summed E-state index contributed by atoms with van der Waals surface area (Å²) in [7, 11) is 0. The molecule has 2 nitrogen and oxygen atoms in total. The highest BCUT2D eigenvalue weighted by atomic mass is 32.2. The highest BCUT2D eigenvalue weighted by molar-refractivity contribution is 7.98. The maximum atomic E-state index is 5.31. The molecule has 1 aliphatic heterocycles. The maximum absolute atomic E-state index is 5.31. The summed E-state index contributed by atoms with van der Waals surface area (Å²) in [5.74, 6) is 2.33. The summed E-state index contributed by atoms with van der Waals surface area (Å²) >= 11 is 3.78. The lowest BCUT2D eigenvalue weighted by atomic mass is 10.3. The number of thiophene rings is 1. The number of nitrogens with one attached hydrogen (secondary N) is 1. The fraction of sp³-hybridized carbons (Fsp3) is 0.636. The zero-order chi connectivity index (χ0) is 10.3. The molecule has 1 saturated heterocycles. The fourth-order valence-electron chi connectivity index (χ4n) is 1.60. The predicted octanol–water partition coefficient (Wildman–Crippen LogP) is 2.36. The Morgan fingerprint density at radius 2 is 2.60 bits per heavy atom. The van der Waals surface area contributed by atoms with Gasteiger partial charge in [-0.05, 0) is 28.8 Å². The maximum Gasteiger partial charge on any atom is 0.0620 e. The van der Waals surface area contributed by atoms with Crippen molar-refractivity contribution in [1.29, 1.82) is 0 Å². The number of hydrogen-bond acceptors (Lipinski definition) is 4. The second-order valence-corrected chi connectivity index (χ2v) is 5.58. The average Bonchev–Trinajstić information content (AvgIpc) is 2.88. The van der Waals surface area contributed by atoms with Gasteiger partial charge in [0.15, 0.2) is 0 Å². The zero-order valence-corrected chi connectivity index (χ0v) is 10.4. The van der Waals surface area contributed by atoms with Crippen molar-refractivity contribution < 1.29 is 4.74 Å². The number of hydrogen-bond donors (Lipinski definition) is 1. The Balaban J connectivity index is 1.48. The lowest BCUT2D eigenvalue weighted by Gasteiger charge is -2.09. The molecule has 2 heterocycles. The normalized spacial score (nSPS) is 20.9. The van der Waals surface area contributed by atoms with Crippen LogP contribution in [0.15, 0.2) is 16.8 Å². The van der Waals surface area contributed by atoms with E-state index < -0.39 is 0 Å². The minimum absolute atomic E-state index is 0.603. The van der Waals surface area contributed by atoms with Crippen molar-refractivity contribution in [3.8, 4) is 0 Å². The van der Waals surface area contributed by atoms with E-state index in [9.17, 15) is 0 Å². The molecule has 0 bridgehead atoms. The van der Waals surface area contributed by atoms with E-state index in [1.165, 1.54) is 17.7 Å². The SMILES string of the molecule is c1cc(CSCCNC2CCOC2)cs1. The third-order valence-corrected chi connectivity index (χ3v) is 4.22. The largest absolute Gasteiger partial charge is 0.380 e. The van der Waals surface area contributed by atoms with E-state index >= 15 is 0 Å². The standard InChI is InChI=1S/C11H17NOS2/c1-4-13-7-11(1)12-3-6-15-9-10-2-5-14-8-10/h2,5,8,11-12H,1,3-4,6-7,9H2. The smallest absolute Gasteiger partial charge is 0.0620 e. The number of thioether (sulfide) groups is 1. The van der Waals surface area contributed by atoms with E-state index in [1.54, 1.807) is 11.3 Å². The minimum Gasteiger partial charge on any atom is -0.380 e. The van der Waals surface area contributed by atoms with Crippen LogP contribution in [0.2, 0.25) is 0 Å². The van der Waals surface area contributed by atoms with Crippen molar-refractivity contribution in [3.05, 3.63) is 22.4 Å². The van der Waals surface area contributed by atoms with E-state index in [1.807, 2.05) is 11.8 Å². The topological polar surface area (TPSA) is 21.3 Å². The molecular formula is C11H17NOS2. The third kappa shape index (κ3) is 4.15. The summed E-state index contributed by atoms with van der Waals surface area (Å²) < 4.78 is 5.31. The molecule has 0 aliphatic carbocycles. The van der Waals surface area contributed by atoms with Crippen LogP contribution in [0.5, 0.6) is 0 Å². The Bertz CT molecular complexity index is 258.